The highest BCUT2D eigenvalue weighted by molar-refractivity contribution is 7.89. The van der Waals surface area contributed by atoms with Gasteiger partial charge in [-0.15, -0.1) is 0 Å². The van der Waals surface area contributed by atoms with Gasteiger partial charge in [0.2, 0.25) is 21.8 Å². The van der Waals surface area contributed by atoms with Crippen molar-refractivity contribution in [2.75, 3.05) is 23.8 Å². The molecule has 0 saturated heterocycles. The summed E-state index contributed by atoms with van der Waals surface area (Å²) in [7, 11) is -2.65. The van der Waals surface area contributed by atoms with E-state index >= 15 is 0 Å². The molecule has 0 saturated carbocycles. The summed E-state index contributed by atoms with van der Waals surface area (Å²) < 4.78 is 26.6. The summed E-state index contributed by atoms with van der Waals surface area (Å²) in [5, 5.41) is 3.10. The second-order valence-electron chi connectivity index (χ2n) is 6.72. The number of benzene rings is 2. The molecule has 0 bridgehead atoms. The number of fused-ring (bicyclic) bond motifs is 1. The second kappa shape index (κ2) is 8.31. The number of anilines is 2. The van der Waals surface area contributed by atoms with Crippen LogP contribution in [0.2, 0.25) is 10.0 Å². The van der Waals surface area contributed by atoms with Gasteiger partial charge < -0.3 is 10.2 Å². The monoisotopic (exact) mass is 455 g/mol. The van der Waals surface area contributed by atoms with Crippen molar-refractivity contribution in [3.63, 3.8) is 0 Å². The van der Waals surface area contributed by atoms with E-state index in [4.69, 9.17) is 23.2 Å². The fourth-order valence-corrected chi connectivity index (χ4v) is 4.65. The van der Waals surface area contributed by atoms with Crippen LogP contribution in [0.4, 0.5) is 11.4 Å². The van der Waals surface area contributed by atoms with E-state index in [2.05, 4.69) is 5.32 Å². The molecule has 29 heavy (non-hydrogen) atoms. The molecule has 0 radical (unpaired) electrons. The molecule has 2 aromatic rings. The summed E-state index contributed by atoms with van der Waals surface area (Å²) in [5.74, 6) is -0.662. The Kier molecular flexibility index (Phi) is 6.19. The summed E-state index contributed by atoms with van der Waals surface area (Å²) >= 11 is 11.8. The maximum absolute atomic E-state index is 13.1. The molecule has 0 spiro atoms. The van der Waals surface area contributed by atoms with Crippen LogP contribution in [0.3, 0.4) is 0 Å². The molecule has 0 unspecified atom stereocenters. The molecule has 154 valence electrons. The molecule has 0 fully saturated rings. The maximum Gasteiger partial charge on any atom is 0.243 e. The molecule has 1 heterocycles. The van der Waals surface area contributed by atoms with Crippen LogP contribution in [-0.4, -0.2) is 44.2 Å². The largest absolute Gasteiger partial charge is 0.324 e. The van der Waals surface area contributed by atoms with E-state index in [-0.39, 0.29) is 27.3 Å². The third-order valence-corrected chi connectivity index (χ3v) is 7.12. The van der Waals surface area contributed by atoms with Crippen molar-refractivity contribution in [1.29, 1.82) is 0 Å². The van der Waals surface area contributed by atoms with E-state index in [9.17, 15) is 18.0 Å². The van der Waals surface area contributed by atoms with Gasteiger partial charge in [0.25, 0.3) is 0 Å². The molecule has 1 N–H and O–H groups in total. The van der Waals surface area contributed by atoms with Crippen molar-refractivity contribution < 1.29 is 18.0 Å². The minimum atomic E-state index is -3.97. The Bertz CT molecular complexity index is 1070. The molecule has 2 amide bonds. The fraction of sp³-hybridized carbons (Fsp3) is 0.263. The van der Waals surface area contributed by atoms with Crippen LogP contribution < -0.4 is 10.2 Å². The van der Waals surface area contributed by atoms with Crippen molar-refractivity contribution >= 4 is 56.4 Å². The zero-order chi connectivity index (χ0) is 21.3. The predicted octanol–water partition coefficient (Wildman–Crippen LogP) is 3.38. The summed E-state index contributed by atoms with van der Waals surface area (Å²) in [6.45, 7) is 1.34. The van der Waals surface area contributed by atoms with E-state index in [1.165, 1.54) is 30.1 Å². The third kappa shape index (κ3) is 4.40. The molecule has 0 aliphatic carbocycles. The number of hydrogen-bond acceptors (Lipinski definition) is 4. The first kappa shape index (κ1) is 21.6. The van der Waals surface area contributed by atoms with Crippen molar-refractivity contribution in [3.05, 3.63) is 52.5 Å². The Morgan fingerprint density at radius 1 is 1.21 bits per heavy atom. The lowest BCUT2D eigenvalue weighted by atomic mass is 10.1. The highest BCUT2D eigenvalue weighted by atomic mass is 35.5. The van der Waals surface area contributed by atoms with Crippen LogP contribution in [0.5, 0.6) is 0 Å². The zero-order valence-electron chi connectivity index (χ0n) is 15.7. The highest BCUT2D eigenvalue weighted by Crippen LogP contribution is 2.32. The van der Waals surface area contributed by atoms with Gasteiger partial charge in [-0.2, -0.15) is 4.31 Å². The van der Waals surface area contributed by atoms with Gasteiger partial charge in [0, 0.05) is 19.5 Å². The average molecular weight is 456 g/mol. The quantitative estimate of drug-likeness (QED) is 0.765. The SMILES string of the molecule is C[C@@H]1CC(=O)Nc2ccccc2N1C(=O)CN(C)S(=O)(=O)c1ccc(Cl)c(Cl)c1. The molecule has 10 heteroatoms. The molecular weight excluding hydrogens is 437 g/mol. The molecule has 7 nitrogen and oxygen atoms in total. The zero-order valence-corrected chi connectivity index (χ0v) is 18.1. The topological polar surface area (TPSA) is 86.8 Å². The van der Waals surface area contributed by atoms with Gasteiger partial charge in [-0.1, -0.05) is 35.3 Å². The van der Waals surface area contributed by atoms with Crippen molar-refractivity contribution in [2.24, 2.45) is 0 Å². The van der Waals surface area contributed by atoms with Gasteiger partial charge in [0.1, 0.15) is 0 Å². The normalized spacial score (nSPS) is 16.9. The Morgan fingerprint density at radius 2 is 1.90 bits per heavy atom. The van der Waals surface area contributed by atoms with Crippen molar-refractivity contribution in [2.45, 2.75) is 24.3 Å². The van der Waals surface area contributed by atoms with E-state index in [1.54, 1.807) is 31.2 Å². The number of nitrogens with zero attached hydrogens (tertiary/aromatic N) is 2. The van der Waals surface area contributed by atoms with E-state index in [1.807, 2.05) is 0 Å². The number of halogens is 2. The van der Waals surface area contributed by atoms with Crippen molar-refractivity contribution in [1.82, 2.24) is 4.31 Å². The molecule has 3 rings (SSSR count). The lowest BCUT2D eigenvalue weighted by molar-refractivity contribution is -0.119. The minimum absolute atomic E-state index is 0.0663. The molecule has 0 aromatic heterocycles. The fourth-order valence-electron chi connectivity index (χ4n) is 3.14. The highest BCUT2D eigenvalue weighted by Gasteiger charge is 2.32. The van der Waals surface area contributed by atoms with Gasteiger partial charge in [0.15, 0.2) is 0 Å². The van der Waals surface area contributed by atoms with Crippen LogP contribution in [-0.2, 0) is 19.6 Å². The number of sulfonamides is 1. The lowest BCUT2D eigenvalue weighted by Crippen LogP contribution is -2.45. The molecule has 1 aliphatic rings. The van der Waals surface area contributed by atoms with Crippen LogP contribution >= 0.6 is 23.2 Å². The summed E-state index contributed by atoms with van der Waals surface area (Å²) in [6.07, 6.45) is 0.101. The number of amides is 2. The number of carbonyl (C=O) groups excluding carboxylic acids is 2. The van der Waals surface area contributed by atoms with Crippen LogP contribution in [0, 0.1) is 0 Å². The number of hydrogen-bond donors (Lipinski definition) is 1. The summed E-state index contributed by atoms with van der Waals surface area (Å²) in [4.78, 5) is 26.5. The van der Waals surface area contributed by atoms with E-state index < -0.39 is 28.5 Å². The first-order valence-corrected chi connectivity index (χ1v) is 10.9. The van der Waals surface area contributed by atoms with Crippen LogP contribution in [0.25, 0.3) is 0 Å². The Labute approximate surface area is 179 Å². The van der Waals surface area contributed by atoms with Crippen LogP contribution in [0.1, 0.15) is 13.3 Å². The van der Waals surface area contributed by atoms with Gasteiger partial charge in [0.05, 0.1) is 32.9 Å². The van der Waals surface area contributed by atoms with Gasteiger partial charge >= 0.3 is 0 Å². The van der Waals surface area contributed by atoms with E-state index in [0.29, 0.717) is 11.4 Å². The smallest absolute Gasteiger partial charge is 0.243 e. The van der Waals surface area contributed by atoms with Crippen molar-refractivity contribution in [3.8, 4) is 0 Å². The Balaban J connectivity index is 1.88. The third-order valence-electron chi connectivity index (χ3n) is 4.59. The second-order valence-corrected chi connectivity index (χ2v) is 9.58. The first-order valence-electron chi connectivity index (χ1n) is 8.73. The van der Waals surface area contributed by atoms with Gasteiger partial charge in [-0.3, -0.25) is 9.59 Å². The Morgan fingerprint density at radius 3 is 2.59 bits per heavy atom. The number of para-hydroxylation sites is 2. The molecule has 1 aliphatic heterocycles. The summed E-state index contributed by atoms with van der Waals surface area (Å²) in [6, 6.07) is 10.4. The van der Waals surface area contributed by atoms with Crippen LogP contribution in [0.15, 0.2) is 47.4 Å². The number of nitrogens with one attached hydrogen (secondary N) is 1. The number of likely N-dealkylation sites (N-methyl/N-ethyl adjacent to an activating group) is 1. The first-order chi connectivity index (χ1) is 13.6. The van der Waals surface area contributed by atoms with E-state index in [0.717, 1.165) is 4.31 Å². The molecule has 2 aromatic carbocycles. The van der Waals surface area contributed by atoms with Gasteiger partial charge in [-0.25, -0.2) is 8.42 Å². The minimum Gasteiger partial charge on any atom is -0.324 e. The summed E-state index contributed by atoms with van der Waals surface area (Å²) in [5.41, 5.74) is 1.03. The predicted molar refractivity (Wildman–Crippen MR) is 113 cm³/mol. The average Bonchev–Trinajstić information content (AvgIpc) is 2.77. The Hall–Kier alpha value is -2.13. The van der Waals surface area contributed by atoms with Gasteiger partial charge in [-0.05, 0) is 37.3 Å². The lowest BCUT2D eigenvalue weighted by Gasteiger charge is -2.29. The standard InChI is InChI=1S/C19H19Cl2N3O4S/c1-12-9-18(25)22-16-5-3-4-6-17(16)24(12)19(26)11-23(2)29(27,28)13-7-8-14(20)15(21)10-13/h3-8,10,12H,9,11H2,1-2H3,(H,22,25)/t12-/m1/s1. The number of rotatable bonds is 4. The maximum atomic E-state index is 13.1. The molecule has 1 atom stereocenters. The number of carbonyl (C=O) groups is 2. The molecular formula is C19H19Cl2N3O4S.